The molecule has 0 spiro atoms. The number of aliphatic hydroxyl groups is 1. The Labute approximate surface area is 118 Å². The fraction of sp³-hybridized carbons (Fsp3) is 0.647. The summed E-state index contributed by atoms with van der Waals surface area (Å²) in [7, 11) is 0. The monoisotopic (exact) mass is 263 g/mol. The smallest absolute Gasteiger partial charge is 0.0636 e. The predicted octanol–water partition coefficient (Wildman–Crippen LogP) is 3.13. The first-order valence-corrected chi connectivity index (χ1v) is 7.27. The van der Waals surface area contributed by atoms with Gasteiger partial charge < -0.3 is 10.4 Å². The van der Waals surface area contributed by atoms with E-state index in [1.807, 2.05) is 6.92 Å². The van der Waals surface area contributed by atoms with E-state index in [1.165, 1.54) is 11.1 Å². The number of hydrogen-bond donors (Lipinski definition) is 2. The second-order valence-corrected chi connectivity index (χ2v) is 6.76. The lowest BCUT2D eigenvalue weighted by Crippen LogP contribution is -2.29. The highest BCUT2D eigenvalue weighted by Gasteiger charge is 2.13. The lowest BCUT2D eigenvalue weighted by molar-refractivity contribution is 0.189. The molecule has 108 valence electrons. The van der Waals surface area contributed by atoms with Crippen molar-refractivity contribution in [1.29, 1.82) is 0 Å². The number of rotatable bonds is 6. The Bertz CT molecular complexity index is 362. The molecule has 2 unspecified atom stereocenters. The average molecular weight is 263 g/mol. The maximum atomic E-state index is 9.20. The Kier molecular flexibility index (Phi) is 6.02. The maximum Gasteiger partial charge on any atom is 0.0636 e. The van der Waals surface area contributed by atoms with Gasteiger partial charge in [0.05, 0.1) is 6.10 Å². The third-order valence-electron chi connectivity index (χ3n) is 3.34. The summed E-state index contributed by atoms with van der Waals surface area (Å²) >= 11 is 0. The van der Waals surface area contributed by atoms with Gasteiger partial charge in [0.15, 0.2) is 0 Å². The molecule has 2 heteroatoms. The highest BCUT2D eigenvalue weighted by atomic mass is 16.3. The second kappa shape index (κ2) is 7.06. The van der Waals surface area contributed by atoms with E-state index in [0.29, 0.717) is 12.5 Å². The van der Waals surface area contributed by atoms with E-state index in [9.17, 15) is 5.11 Å². The minimum absolute atomic E-state index is 0.225. The molecule has 19 heavy (non-hydrogen) atoms. The number of nitrogens with one attached hydrogen (secondary N) is 1. The summed E-state index contributed by atoms with van der Waals surface area (Å²) in [6, 6.07) is 8.97. The Balaban J connectivity index is 2.44. The number of hydrogen-bond acceptors (Lipinski definition) is 2. The van der Waals surface area contributed by atoms with Crippen LogP contribution in [0, 0.1) is 5.92 Å². The van der Waals surface area contributed by atoms with Gasteiger partial charge in [0.25, 0.3) is 0 Å². The highest BCUT2D eigenvalue weighted by Crippen LogP contribution is 2.22. The van der Waals surface area contributed by atoms with Crippen LogP contribution in [0.3, 0.4) is 0 Å². The fourth-order valence-corrected chi connectivity index (χ4v) is 2.15. The lowest BCUT2D eigenvalue weighted by atomic mass is 9.86. The third-order valence-corrected chi connectivity index (χ3v) is 3.34. The third kappa shape index (κ3) is 6.22. The lowest BCUT2D eigenvalue weighted by Gasteiger charge is -2.20. The maximum absolute atomic E-state index is 9.20. The van der Waals surface area contributed by atoms with Crippen molar-refractivity contribution in [2.45, 2.75) is 52.6 Å². The molecule has 0 aromatic heterocycles. The molecule has 0 aliphatic carbocycles. The molecule has 0 bridgehead atoms. The summed E-state index contributed by atoms with van der Waals surface area (Å²) in [6.07, 6.45) is 0.815. The van der Waals surface area contributed by atoms with Crippen LogP contribution in [-0.4, -0.2) is 24.3 Å². The molecular formula is C17H29NO. The van der Waals surface area contributed by atoms with Gasteiger partial charge in [-0.1, -0.05) is 52.0 Å². The SMILES string of the molecule is CC(O)CNCC(C)Cc1ccc(C(C)(C)C)cc1. The summed E-state index contributed by atoms with van der Waals surface area (Å²) in [5.41, 5.74) is 3.00. The van der Waals surface area contributed by atoms with Gasteiger partial charge in [-0.15, -0.1) is 0 Å². The van der Waals surface area contributed by atoms with E-state index in [1.54, 1.807) is 0 Å². The minimum atomic E-state index is -0.265. The van der Waals surface area contributed by atoms with Gasteiger partial charge >= 0.3 is 0 Å². The molecule has 0 saturated carbocycles. The molecule has 0 heterocycles. The minimum Gasteiger partial charge on any atom is -0.392 e. The van der Waals surface area contributed by atoms with Crippen LogP contribution in [-0.2, 0) is 11.8 Å². The largest absolute Gasteiger partial charge is 0.392 e. The average Bonchev–Trinajstić information content (AvgIpc) is 2.27. The van der Waals surface area contributed by atoms with Gasteiger partial charge in [0.2, 0.25) is 0 Å². The summed E-state index contributed by atoms with van der Waals surface area (Å²) in [6.45, 7) is 12.4. The van der Waals surface area contributed by atoms with Crippen molar-refractivity contribution >= 4 is 0 Å². The van der Waals surface area contributed by atoms with Crippen molar-refractivity contribution in [1.82, 2.24) is 5.32 Å². The number of aliphatic hydroxyl groups excluding tert-OH is 1. The van der Waals surface area contributed by atoms with E-state index < -0.39 is 0 Å². The first-order valence-electron chi connectivity index (χ1n) is 7.27. The second-order valence-electron chi connectivity index (χ2n) is 6.76. The molecule has 0 aliphatic heterocycles. The molecule has 1 aromatic carbocycles. The Hall–Kier alpha value is -0.860. The van der Waals surface area contributed by atoms with Crippen LogP contribution in [0.15, 0.2) is 24.3 Å². The zero-order valence-electron chi connectivity index (χ0n) is 13.0. The Morgan fingerprint density at radius 3 is 2.11 bits per heavy atom. The zero-order valence-corrected chi connectivity index (χ0v) is 13.0. The van der Waals surface area contributed by atoms with Crippen LogP contribution >= 0.6 is 0 Å². The van der Waals surface area contributed by atoms with Crippen molar-refractivity contribution in [3.05, 3.63) is 35.4 Å². The molecule has 0 amide bonds. The van der Waals surface area contributed by atoms with E-state index >= 15 is 0 Å². The van der Waals surface area contributed by atoms with Crippen LogP contribution in [0.1, 0.15) is 45.7 Å². The van der Waals surface area contributed by atoms with Gasteiger partial charge in [-0.05, 0) is 42.3 Å². The van der Waals surface area contributed by atoms with Crippen LogP contribution < -0.4 is 5.32 Å². The first kappa shape index (κ1) is 16.2. The summed E-state index contributed by atoms with van der Waals surface area (Å²) in [5, 5.41) is 12.5. The van der Waals surface area contributed by atoms with Crippen molar-refractivity contribution in [2.24, 2.45) is 5.92 Å². The molecule has 2 N–H and O–H groups in total. The molecule has 0 aliphatic rings. The fourth-order valence-electron chi connectivity index (χ4n) is 2.15. The van der Waals surface area contributed by atoms with Crippen molar-refractivity contribution in [3.8, 4) is 0 Å². The van der Waals surface area contributed by atoms with Crippen molar-refractivity contribution in [2.75, 3.05) is 13.1 Å². The van der Waals surface area contributed by atoms with Crippen LogP contribution in [0.25, 0.3) is 0 Å². The molecule has 0 fully saturated rings. The van der Waals surface area contributed by atoms with Crippen LogP contribution in [0.5, 0.6) is 0 Å². The van der Waals surface area contributed by atoms with Crippen LogP contribution in [0.2, 0.25) is 0 Å². The molecular weight excluding hydrogens is 234 g/mol. The summed E-state index contributed by atoms with van der Waals surface area (Å²) < 4.78 is 0. The van der Waals surface area contributed by atoms with E-state index in [0.717, 1.165) is 13.0 Å². The predicted molar refractivity (Wildman–Crippen MR) is 82.6 cm³/mol. The zero-order chi connectivity index (χ0) is 14.5. The van der Waals surface area contributed by atoms with Gasteiger partial charge in [-0.25, -0.2) is 0 Å². The molecule has 0 radical (unpaired) electrons. The molecule has 2 nitrogen and oxygen atoms in total. The highest BCUT2D eigenvalue weighted by molar-refractivity contribution is 5.27. The first-order chi connectivity index (χ1) is 8.79. The Morgan fingerprint density at radius 2 is 1.63 bits per heavy atom. The van der Waals surface area contributed by atoms with Gasteiger partial charge in [-0.3, -0.25) is 0 Å². The van der Waals surface area contributed by atoms with Gasteiger partial charge in [0, 0.05) is 6.54 Å². The summed E-state index contributed by atoms with van der Waals surface area (Å²) in [4.78, 5) is 0. The Morgan fingerprint density at radius 1 is 1.05 bits per heavy atom. The molecule has 1 aromatic rings. The quantitative estimate of drug-likeness (QED) is 0.826. The topological polar surface area (TPSA) is 32.3 Å². The molecule has 1 rings (SSSR count). The van der Waals surface area contributed by atoms with Crippen molar-refractivity contribution in [3.63, 3.8) is 0 Å². The van der Waals surface area contributed by atoms with E-state index in [-0.39, 0.29) is 11.5 Å². The van der Waals surface area contributed by atoms with Crippen molar-refractivity contribution < 1.29 is 5.11 Å². The van der Waals surface area contributed by atoms with E-state index in [2.05, 4.69) is 57.3 Å². The van der Waals surface area contributed by atoms with Gasteiger partial charge in [-0.2, -0.15) is 0 Å². The number of benzene rings is 1. The standard InChI is InChI=1S/C17H29NO/c1-13(11-18-12-14(2)19)10-15-6-8-16(9-7-15)17(3,4)5/h6-9,13-14,18-19H,10-12H2,1-5H3. The molecule has 2 atom stereocenters. The molecule has 0 saturated heterocycles. The summed E-state index contributed by atoms with van der Waals surface area (Å²) in [5.74, 6) is 0.583. The van der Waals surface area contributed by atoms with Crippen LogP contribution in [0.4, 0.5) is 0 Å². The van der Waals surface area contributed by atoms with Gasteiger partial charge in [0.1, 0.15) is 0 Å². The van der Waals surface area contributed by atoms with E-state index in [4.69, 9.17) is 0 Å². The normalized spacial score (nSPS) is 15.3.